The third-order valence-corrected chi connectivity index (χ3v) is 1.82. The molecule has 0 aliphatic carbocycles. The highest BCUT2D eigenvalue weighted by atomic mass is 35.5. The summed E-state index contributed by atoms with van der Waals surface area (Å²) in [6, 6.07) is 3.08. The lowest BCUT2D eigenvalue weighted by Gasteiger charge is -2.07. The SMILES string of the molecule is C=C[C@@H](N)c1cc(O)ccc1[N+](=O)[O-].Cl. The first kappa shape index (κ1) is 13.4. The number of phenols is 1. The predicted molar refractivity (Wildman–Crippen MR) is 59.1 cm³/mol. The highest BCUT2D eigenvalue weighted by molar-refractivity contribution is 5.85. The lowest BCUT2D eigenvalue weighted by atomic mass is 10.1. The van der Waals surface area contributed by atoms with Crippen LogP contribution in [-0.4, -0.2) is 10.0 Å². The number of hydrogen-bond acceptors (Lipinski definition) is 4. The molecule has 1 aromatic rings. The van der Waals surface area contributed by atoms with Gasteiger partial charge in [0, 0.05) is 6.07 Å². The molecule has 0 amide bonds. The number of nitrogens with two attached hydrogens (primary N) is 1. The number of nitro groups is 1. The highest BCUT2D eigenvalue weighted by Gasteiger charge is 2.17. The number of rotatable bonds is 3. The van der Waals surface area contributed by atoms with Gasteiger partial charge in [-0.15, -0.1) is 19.0 Å². The van der Waals surface area contributed by atoms with E-state index < -0.39 is 11.0 Å². The van der Waals surface area contributed by atoms with Crippen molar-refractivity contribution in [2.24, 2.45) is 5.73 Å². The number of phenolic OH excluding ortho intramolecular Hbond substituents is 1. The van der Waals surface area contributed by atoms with Gasteiger partial charge in [-0.1, -0.05) is 6.08 Å². The van der Waals surface area contributed by atoms with Gasteiger partial charge in [0.15, 0.2) is 0 Å². The van der Waals surface area contributed by atoms with Crippen molar-refractivity contribution in [1.82, 2.24) is 0 Å². The van der Waals surface area contributed by atoms with E-state index in [1.54, 1.807) is 0 Å². The van der Waals surface area contributed by atoms with Crippen molar-refractivity contribution in [1.29, 1.82) is 0 Å². The molecule has 0 aliphatic heterocycles. The van der Waals surface area contributed by atoms with E-state index in [2.05, 4.69) is 6.58 Å². The lowest BCUT2D eigenvalue weighted by Crippen LogP contribution is -2.09. The first-order valence-corrected chi connectivity index (χ1v) is 3.91. The van der Waals surface area contributed by atoms with Gasteiger partial charge in [0.25, 0.3) is 5.69 Å². The van der Waals surface area contributed by atoms with Crippen LogP contribution in [-0.2, 0) is 0 Å². The summed E-state index contributed by atoms with van der Waals surface area (Å²) in [5.74, 6) is -0.0529. The zero-order valence-electron chi connectivity index (χ0n) is 7.79. The van der Waals surface area contributed by atoms with Crippen molar-refractivity contribution < 1.29 is 10.0 Å². The Bertz CT molecular complexity index is 382. The second-order valence-corrected chi connectivity index (χ2v) is 2.76. The first-order chi connectivity index (χ1) is 6.56. The van der Waals surface area contributed by atoms with E-state index in [0.717, 1.165) is 0 Å². The minimum atomic E-state index is -0.650. The fraction of sp³-hybridized carbons (Fsp3) is 0.111. The van der Waals surface area contributed by atoms with Gasteiger partial charge in [0.05, 0.1) is 16.5 Å². The molecule has 0 bridgehead atoms. The average molecular weight is 231 g/mol. The van der Waals surface area contributed by atoms with Gasteiger partial charge in [-0.3, -0.25) is 10.1 Å². The van der Waals surface area contributed by atoms with Gasteiger partial charge in [-0.05, 0) is 12.1 Å². The Labute approximate surface area is 92.8 Å². The molecule has 0 aromatic heterocycles. The van der Waals surface area contributed by atoms with Gasteiger partial charge >= 0.3 is 0 Å². The summed E-state index contributed by atoms with van der Waals surface area (Å²) in [6.45, 7) is 3.44. The molecule has 0 saturated heterocycles. The summed E-state index contributed by atoms with van der Waals surface area (Å²) in [6.07, 6.45) is 1.38. The summed E-state index contributed by atoms with van der Waals surface area (Å²) < 4.78 is 0. The van der Waals surface area contributed by atoms with Crippen LogP contribution in [0.2, 0.25) is 0 Å². The van der Waals surface area contributed by atoms with Crippen LogP contribution in [0.3, 0.4) is 0 Å². The predicted octanol–water partition coefficient (Wildman–Crippen LogP) is 1.91. The quantitative estimate of drug-likeness (QED) is 0.472. The van der Waals surface area contributed by atoms with E-state index >= 15 is 0 Å². The number of nitro benzene ring substituents is 1. The number of nitrogens with zero attached hydrogens (tertiary/aromatic N) is 1. The highest BCUT2D eigenvalue weighted by Crippen LogP contribution is 2.27. The second kappa shape index (κ2) is 5.33. The summed E-state index contributed by atoms with van der Waals surface area (Å²) in [7, 11) is 0. The van der Waals surface area contributed by atoms with Crippen LogP contribution >= 0.6 is 12.4 Å². The molecule has 1 aromatic carbocycles. The monoisotopic (exact) mass is 230 g/mol. The summed E-state index contributed by atoms with van der Waals surface area (Å²) in [5, 5.41) is 19.7. The van der Waals surface area contributed by atoms with E-state index in [4.69, 9.17) is 10.8 Å². The Morgan fingerprint density at radius 3 is 2.67 bits per heavy atom. The molecule has 3 N–H and O–H groups in total. The van der Waals surface area contributed by atoms with Crippen LogP contribution in [0.15, 0.2) is 30.9 Å². The van der Waals surface area contributed by atoms with Crippen LogP contribution in [0.5, 0.6) is 5.75 Å². The Morgan fingerprint density at radius 1 is 1.60 bits per heavy atom. The smallest absolute Gasteiger partial charge is 0.274 e. The third kappa shape index (κ3) is 2.93. The standard InChI is InChI=1S/C9H10N2O3.ClH/c1-2-8(10)7-5-6(12)3-4-9(7)11(13)14;/h2-5,8,12H,1,10H2;1H/t8-;/m1./s1. The normalized spacial score (nSPS) is 11.3. The maximum Gasteiger partial charge on any atom is 0.274 e. The van der Waals surface area contributed by atoms with Crippen molar-refractivity contribution in [2.45, 2.75) is 6.04 Å². The molecule has 1 atom stereocenters. The molecular weight excluding hydrogens is 220 g/mol. The van der Waals surface area contributed by atoms with E-state index in [1.807, 2.05) is 0 Å². The maximum absolute atomic E-state index is 10.6. The van der Waals surface area contributed by atoms with Crippen molar-refractivity contribution in [3.8, 4) is 5.75 Å². The Morgan fingerprint density at radius 2 is 2.20 bits per heavy atom. The number of benzene rings is 1. The van der Waals surface area contributed by atoms with Gasteiger partial charge in [0.1, 0.15) is 5.75 Å². The minimum absolute atomic E-state index is 0. The van der Waals surface area contributed by atoms with Crippen LogP contribution in [0.1, 0.15) is 11.6 Å². The number of halogens is 1. The topological polar surface area (TPSA) is 89.4 Å². The van der Waals surface area contributed by atoms with Crippen molar-refractivity contribution in [2.75, 3.05) is 0 Å². The van der Waals surface area contributed by atoms with Crippen LogP contribution in [0.25, 0.3) is 0 Å². The molecular formula is C9H11ClN2O3. The van der Waals surface area contributed by atoms with E-state index in [-0.39, 0.29) is 29.4 Å². The summed E-state index contributed by atoms with van der Waals surface area (Å²) in [4.78, 5) is 10.0. The lowest BCUT2D eigenvalue weighted by molar-refractivity contribution is -0.385. The van der Waals surface area contributed by atoms with E-state index in [9.17, 15) is 10.1 Å². The van der Waals surface area contributed by atoms with Crippen LogP contribution in [0, 0.1) is 10.1 Å². The zero-order chi connectivity index (χ0) is 10.7. The molecule has 5 nitrogen and oxygen atoms in total. The van der Waals surface area contributed by atoms with Gasteiger partial charge in [-0.25, -0.2) is 0 Å². The van der Waals surface area contributed by atoms with Crippen molar-refractivity contribution in [3.05, 3.63) is 46.5 Å². The van der Waals surface area contributed by atoms with Gasteiger partial charge in [-0.2, -0.15) is 0 Å². The average Bonchev–Trinajstić information content (AvgIpc) is 2.16. The fourth-order valence-electron chi connectivity index (χ4n) is 1.10. The molecule has 0 heterocycles. The van der Waals surface area contributed by atoms with E-state index in [1.165, 1.54) is 24.3 Å². The molecule has 0 saturated carbocycles. The zero-order valence-corrected chi connectivity index (χ0v) is 8.61. The summed E-state index contributed by atoms with van der Waals surface area (Å²) >= 11 is 0. The maximum atomic E-state index is 10.6. The molecule has 1 rings (SSSR count). The first-order valence-electron chi connectivity index (χ1n) is 3.91. The van der Waals surface area contributed by atoms with Crippen LogP contribution in [0.4, 0.5) is 5.69 Å². The Kier molecular flexibility index (Phi) is 4.77. The molecule has 6 heteroatoms. The molecule has 0 fully saturated rings. The Balaban J connectivity index is 0.00000196. The molecule has 0 aliphatic rings. The van der Waals surface area contributed by atoms with E-state index in [0.29, 0.717) is 0 Å². The van der Waals surface area contributed by atoms with Crippen LogP contribution < -0.4 is 5.73 Å². The minimum Gasteiger partial charge on any atom is -0.508 e. The largest absolute Gasteiger partial charge is 0.508 e. The summed E-state index contributed by atoms with van der Waals surface area (Å²) in [5.41, 5.74) is 5.71. The Hall–Kier alpha value is -1.59. The van der Waals surface area contributed by atoms with Crippen molar-refractivity contribution in [3.63, 3.8) is 0 Å². The molecule has 82 valence electrons. The van der Waals surface area contributed by atoms with Crippen molar-refractivity contribution >= 4 is 18.1 Å². The number of aromatic hydroxyl groups is 1. The second-order valence-electron chi connectivity index (χ2n) is 2.76. The van der Waals surface area contributed by atoms with Gasteiger partial charge in [0.2, 0.25) is 0 Å². The third-order valence-electron chi connectivity index (χ3n) is 1.82. The van der Waals surface area contributed by atoms with Gasteiger partial charge < -0.3 is 10.8 Å². The molecule has 0 spiro atoms. The number of hydrogen-bond donors (Lipinski definition) is 2. The fourth-order valence-corrected chi connectivity index (χ4v) is 1.10. The molecule has 15 heavy (non-hydrogen) atoms. The molecule has 0 unspecified atom stereocenters. The molecule has 0 radical (unpaired) electrons.